The Kier molecular flexibility index (Phi) is 8.42. The van der Waals surface area contributed by atoms with Crippen LogP contribution in [0.2, 0.25) is 0 Å². The van der Waals surface area contributed by atoms with Crippen LogP contribution in [0.1, 0.15) is 11.3 Å². The van der Waals surface area contributed by atoms with E-state index in [0.29, 0.717) is 11.9 Å². The van der Waals surface area contributed by atoms with E-state index in [9.17, 15) is 0 Å². The first kappa shape index (κ1) is 33.8. The summed E-state index contributed by atoms with van der Waals surface area (Å²) in [5.41, 5.74) is 12.4. The van der Waals surface area contributed by atoms with E-state index in [1.165, 1.54) is 0 Å². The summed E-state index contributed by atoms with van der Waals surface area (Å²) in [4.78, 5) is 21.4. The van der Waals surface area contributed by atoms with Gasteiger partial charge >= 0.3 is 0 Å². The van der Waals surface area contributed by atoms with Gasteiger partial charge in [-0.1, -0.05) is 170 Å². The second kappa shape index (κ2) is 14.2. The number of fused-ring (bicyclic) bond motifs is 5. The highest BCUT2D eigenvalue weighted by Crippen LogP contribution is 2.41. The van der Waals surface area contributed by atoms with Crippen LogP contribution in [-0.4, -0.2) is 29.1 Å². The summed E-state index contributed by atoms with van der Waals surface area (Å²) < 4.78 is 4.43. The van der Waals surface area contributed by atoms with Crippen LogP contribution in [0.5, 0.6) is 0 Å². The number of rotatable bonds is 8. The molecule has 0 N–H and O–H groups in total. The van der Waals surface area contributed by atoms with Gasteiger partial charge in [0.25, 0.3) is 0 Å². The molecule has 4 heterocycles. The van der Waals surface area contributed by atoms with Gasteiger partial charge in [-0.3, -0.25) is 9.13 Å². The number of aromatic nitrogens is 6. The Morgan fingerprint density at radius 3 is 1.32 bits per heavy atom. The molecule has 6 heteroatoms. The van der Waals surface area contributed by atoms with E-state index in [1.54, 1.807) is 6.08 Å². The molecule has 57 heavy (non-hydrogen) atoms. The van der Waals surface area contributed by atoms with Gasteiger partial charge < -0.3 is 0 Å². The van der Waals surface area contributed by atoms with Gasteiger partial charge in [0.15, 0.2) is 0 Å². The quantitative estimate of drug-likeness (QED) is 0.146. The van der Waals surface area contributed by atoms with Crippen LogP contribution in [0.4, 0.5) is 0 Å². The van der Waals surface area contributed by atoms with Crippen molar-refractivity contribution in [2.75, 3.05) is 0 Å². The average Bonchev–Trinajstić information content (AvgIpc) is 3.78. The van der Waals surface area contributed by atoms with E-state index >= 15 is 0 Å². The zero-order valence-corrected chi connectivity index (χ0v) is 31.3. The number of nitrogens with zero attached hydrogens (tertiary/aromatic N) is 6. The molecule has 0 amide bonds. The summed E-state index contributed by atoms with van der Waals surface area (Å²) in [5.74, 6) is 1.14. The van der Waals surface area contributed by atoms with Gasteiger partial charge in [0.2, 0.25) is 11.9 Å². The Morgan fingerprint density at radius 1 is 0.439 bits per heavy atom. The molecule has 0 aliphatic rings. The lowest BCUT2D eigenvalue weighted by atomic mass is 10.1. The van der Waals surface area contributed by atoms with E-state index in [4.69, 9.17) is 19.9 Å². The van der Waals surface area contributed by atoms with Crippen molar-refractivity contribution < 1.29 is 0 Å². The maximum absolute atomic E-state index is 5.35. The van der Waals surface area contributed by atoms with Gasteiger partial charge in [0.05, 0.1) is 45.0 Å². The van der Waals surface area contributed by atoms with Crippen molar-refractivity contribution >= 4 is 38.8 Å². The average molecular weight is 733 g/mol. The van der Waals surface area contributed by atoms with Crippen LogP contribution >= 0.6 is 0 Å². The fraction of sp³-hybridized carbons (Fsp3) is 0.0196. The molecule has 0 atom stereocenters. The summed E-state index contributed by atoms with van der Waals surface area (Å²) in [7, 11) is 0. The molecule has 270 valence electrons. The number of hydrogen-bond acceptors (Lipinski definition) is 4. The highest BCUT2D eigenvalue weighted by molar-refractivity contribution is 6.19. The second-order valence-electron chi connectivity index (χ2n) is 14.0. The van der Waals surface area contributed by atoms with Crippen molar-refractivity contribution in [2.24, 2.45) is 0 Å². The molecule has 0 fully saturated rings. The maximum atomic E-state index is 5.35. The lowest BCUT2D eigenvalue weighted by Crippen LogP contribution is -2.08. The van der Waals surface area contributed by atoms with Crippen LogP contribution in [0, 0.1) is 6.92 Å². The first-order valence-corrected chi connectivity index (χ1v) is 19.0. The van der Waals surface area contributed by atoms with Gasteiger partial charge in [0.1, 0.15) is 0 Å². The molecular formula is C51H36N6. The minimum atomic E-state index is 0.560. The van der Waals surface area contributed by atoms with Gasteiger partial charge in [-0.2, -0.15) is 0 Å². The molecule has 0 saturated carbocycles. The molecule has 0 bridgehead atoms. The lowest BCUT2D eigenvalue weighted by molar-refractivity contribution is 0.950. The van der Waals surface area contributed by atoms with E-state index in [2.05, 4.69) is 126 Å². The third kappa shape index (κ3) is 5.92. The summed E-state index contributed by atoms with van der Waals surface area (Å²) in [6, 6.07) is 58.3. The molecular weight excluding hydrogens is 697 g/mol. The summed E-state index contributed by atoms with van der Waals surface area (Å²) in [5, 5.41) is 3.25. The Labute approximate surface area is 330 Å². The zero-order valence-electron chi connectivity index (χ0n) is 31.3. The summed E-state index contributed by atoms with van der Waals surface area (Å²) >= 11 is 0. The molecule has 6 nitrogen and oxygen atoms in total. The number of hydrogen-bond donors (Lipinski definition) is 0. The highest BCUT2D eigenvalue weighted by atomic mass is 15.2. The first-order chi connectivity index (χ1) is 28.2. The van der Waals surface area contributed by atoms with Crippen LogP contribution in [0.25, 0.3) is 95.7 Å². The SMILES string of the molecule is C=C/C=C\c1c(C)c2ccc3c4ccccc4n(-c4nc(-c5ccccc5)cc(-c5ccccc5)n4)c3c2n1-c1nc(-c2ccccc2)cc(-c2ccccc2)n1. The highest BCUT2D eigenvalue weighted by Gasteiger charge is 2.25. The Morgan fingerprint density at radius 2 is 0.842 bits per heavy atom. The van der Waals surface area contributed by atoms with Gasteiger partial charge in [-0.05, 0) is 36.8 Å². The van der Waals surface area contributed by atoms with Crippen molar-refractivity contribution in [1.29, 1.82) is 0 Å². The van der Waals surface area contributed by atoms with Gasteiger partial charge in [0, 0.05) is 38.4 Å². The van der Waals surface area contributed by atoms with E-state index in [1.807, 2.05) is 78.9 Å². The van der Waals surface area contributed by atoms with E-state index in [0.717, 1.165) is 89.0 Å². The molecule has 10 aromatic rings. The predicted octanol–water partition coefficient (Wildman–Crippen LogP) is 12.5. The van der Waals surface area contributed by atoms with Crippen molar-refractivity contribution in [3.63, 3.8) is 0 Å². The fourth-order valence-corrected chi connectivity index (χ4v) is 7.87. The minimum Gasteiger partial charge on any atom is -0.276 e. The smallest absolute Gasteiger partial charge is 0.235 e. The lowest BCUT2D eigenvalue weighted by Gasteiger charge is -2.15. The molecule has 0 aliphatic heterocycles. The summed E-state index contributed by atoms with van der Waals surface area (Å²) in [6.45, 7) is 6.19. The standard InChI is InChI=1S/C51H36N6/c1-3-4-28-46-34(2)39-30-31-41-40-27-17-18-29-47(40)57(51-54-44(37-23-13-7-14-24-37)33-45(55-51)38-25-15-8-16-26-38)49(41)48(39)56(46)50-52-42(35-19-9-5-10-20-35)32-43(53-50)36-21-11-6-12-22-36/h3-33H,1H2,2H3/b28-4-. The second-order valence-corrected chi connectivity index (χ2v) is 14.0. The number of aryl methyl sites for hydroxylation is 1. The molecule has 0 radical (unpaired) electrons. The maximum Gasteiger partial charge on any atom is 0.235 e. The zero-order chi connectivity index (χ0) is 38.3. The number of para-hydroxylation sites is 1. The van der Waals surface area contributed by atoms with Crippen molar-refractivity contribution in [1.82, 2.24) is 29.1 Å². The predicted molar refractivity (Wildman–Crippen MR) is 235 cm³/mol. The van der Waals surface area contributed by atoms with Crippen molar-refractivity contribution in [2.45, 2.75) is 6.92 Å². The Hall–Kier alpha value is -7.70. The monoisotopic (exact) mass is 732 g/mol. The molecule has 6 aromatic carbocycles. The molecule has 4 aromatic heterocycles. The molecule has 0 spiro atoms. The first-order valence-electron chi connectivity index (χ1n) is 19.0. The van der Waals surface area contributed by atoms with Crippen LogP contribution in [-0.2, 0) is 0 Å². The third-order valence-corrected chi connectivity index (χ3v) is 10.6. The molecule has 0 aliphatic carbocycles. The largest absolute Gasteiger partial charge is 0.276 e. The summed E-state index contributed by atoms with van der Waals surface area (Å²) in [6.07, 6.45) is 5.88. The van der Waals surface area contributed by atoms with E-state index in [-0.39, 0.29) is 0 Å². The van der Waals surface area contributed by atoms with Gasteiger partial charge in [-0.15, -0.1) is 0 Å². The Balaban J connectivity index is 1.36. The number of benzene rings is 6. The topological polar surface area (TPSA) is 61.4 Å². The van der Waals surface area contributed by atoms with Crippen LogP contribution < -0.4 is 0 Å². The minimum absolute atomic E-state index is 0.560. The van der Waals surface area contributed by atoms with Crippen molar-refractivity contribution in [3.8, 4) is 56.9 Å². The third-order valence-electron chi connectivity index (χ3n) is 10.6. The van der Waals surface area contributed by atoms with E-state index < -0.39 is 0 Å². The van der Waals surface area contributed by atoms with Gasteiger partial charge in [-0.25, -0.2) is 19.9 Å². The van der Waals surface area contributed by atoms with Crippen molar-refractivity contribution in [3.05, 3.63) is 200 Å². The fourth-order valence-electron chi connectivity index (χ4n) is 7.87. The molecule has 0 unspecified atom stereocenters. The van der Waals surface area contributed by atoms with Crippen LogP contribution in [0.15, 0.2) is 189 Å². The molecule has 0 saturated heterocycles. The molecule has 10 rings (SSSR count). The Bertz CT molecular complexity index is 3010. The number of allylic oxidation sites excluding steroid dienone is 2. The van der Waals surface area contributed by atoms with Crippen LogP contribution in [0.3, 0.4) is 0 Å². The normalized spacial score (nSPS) is 11.6.